The highest BCUT2D eigenvalue weighted by Crippen LogP contribution is 2.19. The summed E-state index contributed by atoms with van der Waals surface area (Å²) in [5, 5.41) is 12.3. The Kier molecular flexibility index (Phi) is 5.73. The molecule has 0 saturated heterocycles. The second-order valence-electron chi connectivity index (χ2n) is 3.72. The summed E-state index contributed by atoms with van der Waals surface area (Å²) < 4.78 is 0. The van der Waals surface area contributed by atoms with Crippen LogP contribution < -0.4 is 5.32 Å². The molecular formula is C13H16ClNO2. The molecule has 4 heteroatoms. The quantitative estimate of drug-likeness (QED) is 0.766. The van der Waals surface area contributed by atoms with Crippen LogP contribution in [-0.4, -0.2) is 24.7 Å². The molecule has 0 aliphatic carbocycles. The molecule has 17 heavy (non-hydrogen) atoms. The third-order valence-corrected chi connectivity index (χ3v) is 2.65. The number of rotatable bonds is 6. The van der Waals surface area contributed by atoms with E-state index in [1.165, 1.54) is 0 Å². The molecule has 0 aliphatic heterocycles. The van der Waals surface area contributed by atoms with E-state index < -0.39 is 5.97 Å². The number of aliphatic carboxylic acids is 1. The van der Waals surface area contributed by atoms with Crippen molar-refractivity contribution in [1.29, 1.82) is 0 Å². The molecule has 1 rings (SSSR count). The van der Waals surface area contributed by atoms with Crippen molar-refractivity contribution in [1.82, 2.24) is 5.32 Å². The monoisotopic (exact) mass is 253 g/mol. The Morgan fingerprint density at radius 3 is 2.94 bits per heavy atom. The van der Waals surface area contributed by atoms with Crippen molar-refractivity contribution < 1.29 is 9.90 Å². The van der Waals surface area contributed by atoms with Crippen LogP contribution in [0.2, 0.25) is 5.02 Å². The molecule has 1 aromatic rings. The first-order chi connectivity index (χ1) is 8.13. The second kappa shape index (κ2) is 7.09. The van der Waals surface area contributed by atoms with Crippen LogP contribution >= 0.6 is 11.6 Å². The van der Waals surface area contributed by atoms with Gasteiger partial charge in [-0.3, -0.25) is 4.79 Å². The Balaban J connectivity index is 2.74. The third kappa shape index (κ3) is 5.02. The van der Waals surface area contributed by atoms with E-state index in [2.05, 4.69) is 5.32 Å². The molecule has 2 N–H and O–H groups in total. The number of hydrogen-bond donors (Lipinski definition) is 2. The maximum Gasteiger partial charge on any atom is 0.307 e. The van der Waals surface area contributed by atoms with Gasteiger partial charge in [-0.15, -0.1) is 0 Å². The van der Waals surface area contributed by atoms with Crippen LogP contribution in [0.15, 0.2) is 24.3 Å². The summed E-state index contributed by atoms with van der Waals surface area (Å²) in [5.74, 6) is -0.872. The van der Waals surface area contributed by atoms with Crippen LogP contribution in [0.5, 0.6) is 0 Å². The summed E-state index contributed by atoms with van der Waals surface area (Å²) in [7, 11) is 1.90. The molecule has 92 valence electrons. The number of carboxylic acid groups (broad SMARTS) is 1. The van der Waals surface area contributed by atoms with Crippen molar-refractivity contribution in [3.05, 3.63) is 40.4 Å². The molecule has 0 radical (unpaired) electrons. The normalized spacial score (nSPS) is 10.9. The maximum absolute atomic E-state index is 10.6. The molecule has 0 saturated carbocycles. The van der Waals surface area contributed by atoms with Crippen molar-refractivity contribution in [3.8, 4) is 0 Å². The predicted molar refractivity (Wildman–Crippen MR) is 70.4 cm³/mol. The van der Waals surface area contributed by atoms with Gasteiger partial charge in [-0.05, 0) is 43.3 Å². The molecule has 3 nitrogen and oxygen atoms in total. The summed E-state index contributed by atoms with van der Waals surface area (Å²) in [5.41, 5.74) is 1.62. The predicted octanol–water partition coefficient (Wildman–Crippen LogP) is 2.59. The van der Waals surface area contributed by atoms with Gasteiger partial charge in [0, 0.05) is 5.02 Å². The molecule has 0 aliphatic rings. The van der Waals surface area contributed by atoms with Gasteiger partial charge >= 0.3 is 5.97 Å². The standard InChI is InChI=1S/C13H16ClNO2/c1-15-7-3-2-4-10-5-6-12(14)11(8-10)9-13(16)17/h2,4-6,8,15H,3,7,9H2,1H3,(H,16,17). The molecule has 0 spiro atoms. The second-order valence-corrected chi connectivity index (χ2v) is 4.12. The van der Waals surface area contributed by atoms with Crippen molar-refractivity contribution >= 4 is 23.6 Å². The van der Waals surface area contributed by atoms with Crippen LogP contribution in [0.3, 0.4) is 0 Å². The van der Waals surface area contributed by atoms with Crippen molar-refractivity contribution in [2.45, 2.75) is 12.8 Å². The first-order valence-electron chi connectivity index (χ1n) is 5.45. The van der Waals surface area contributed by atoms with Crippen molar-refractivity contribution in [2.24, 2.45) is 0 Å². The van der Waals surface area contributed by atoms with Crippen LogP contribution in [-0.2, 0) is 11.2 Å². The highest BCUT2D eigenvalue weighted by molar-refractivity contribution is 6.31. The molecule has 0 unspecified atom stereocenters. The summed E-state index contributed by atoms with van der Waals surface area (Å²) in [4.78, 5) is 10.6. The average Bonchev–Trinajstić information content (AvgIpc) is 2.28. The SMILES string of the molecule is CNCCC=Cc1ccc(Cl)c(CC(=O)O)c1. The minimum Gasteiger partial charge on any atom is -0.481 e. The zero-order valence-electron chi connectivity index (χ0n) is 9.74. The summed E-state index contributed by atoms with van der Waals surface area (Å²) in [6.07, 6.45) is 4.91. The van der Waals surface area contributed by atoms with Crippen molar-refractivity contribution in [2.75, 3.05) is 13.6 Å². The number of halogens is 1. The van der Waals surface area contributed by atoms with E-state index in [0.29, 0.717) is 10.6 Å². The Bertz CT molecular complexity index is 416. The zero-order valence-corrected chi connectivity index (χ0v) is 10.5. The Morgan fingerprint density at radius 1 is 1.53 bits per heavy atom. The molecule has 0 aromatic heterocycles. The lowest BCUT2D eigenvalue weighted by Crippen LogP contribution is -2.05. The van der Waals surface area contributed by atoms with Gasteiger partial charge in [-0.25, -0.2) is 0 Å². The van der Waals surface area contributed by atoms with Gasteiger partial charge in [-0.2, -0.15) is 0 Å². The fourth-order valence-corrected chi connectivity index (χ4v) is 1.63. The summed E-state index contributed by atoms with van der Waals surface area (Å²) in [6, 6.07) is 5.42. The Morgan fingerprint density at radius 2 is 2.29 bits per heavy atom. The van der Waals surface area contributed by atoms with Gasteiger partial charge in [0.15, 0.2) is 0 Å². The lowest BCUT2D eigenvalue weighted by molar-refractivity contribution is -0.136. The number of nitrogens with one attached hydrogen (secondary N) is 1. The van der Waals surface area contributed by atoms with Crippen LogP contribution in [0.4, 0.5) is 0 Å². The zero-order chi connectivity index (χ0) is 12.7. The lowest BCUT2D eigenvalue weighted by Gasteiger charge is -2.02. The van der Waals surface area contributed by atoms with E-state index in [4.69, 9.17) is 16.7 Å². The molecule has 0 bridgehead atoms. The minimum absolute atomic E-state index is 0.0446. The highest BCUT2D eigenvalue weighted by Gasteiger charge is 2.05. The number of carbonyl (C=O) groups is 1. The van der Waals surface area contributed by atoms with Gasteiger partial charge in [-0.1, -0.05) is 29.8 Å². The molecule has 0 atom stereocenters. The Hall–Kier alpha value is -1.32. The summed E-state index contributed by atoms with van der Waals surface area (Å²) >= 11 is 5.93. The van der Waals surface area contributed by atoms with Gasteiger partial charge < -0.3 is 10.4 Å². The number of carboxylic acids is 1. The highest BCUT2D eigenvalue weighted by atomic mass is 35.5. The first-order valence-corrected chi connectivity index (χ1v) is 5.82. The van der Waals surface area contributed by atoms with Gasteiger partial charge in [0.1, 0.15) is 0 Å². The van der Waals surface area contributed by atoms with E-state index in [-0.39, 0.29) is 6.42 Å². The Labute approximate surface area is 106 Å². The number of hydrogen-bond acceptors (Lipinski definition) is 2. The average molecular weight is 254 g/mol. The fraction of sp³-hybridized carbons (Fsp3) is 0.308. The van der Waals surface area contributed by atoms with Gasteiger partial charge in [0.2, 0.25) is 0 Å². The van der Waals surface area contributed by atoms with E-state index in [9.17, 15) is 4.79 Å². The largest absolute Gasteiger partial charge is 0.481 e. The summed E-state index contributed by atoms with van der Waals surface area (Å²) in [6.45, 7) is 0.923. The van der Waals surface area contributed by atoms with Gasteiger partial charge in [0.05, 0.1) is 6.42 Å². The molecular weight excluding hydrogens is 238 g/mol. The van der Waals surface area contributed by atoms with E-state index in [0.717, 1.165) is 18.5 Å². The van der Waals surface area contributed by atoms with Crippen molar-refractivity contribution in [3.63, 3.8) is 0 Å². The molecule has 0 heterocycles. The fourth-order valence-electron chi connectivity index (χ4n) is 1.44. The minimum atomic E-state index is -0.872. The van der Waals surface area contributed by atoms with E-state index >= 15 is 0 Å². The van der Waals surface area contributed by atoms with E-state index in [1.54, 1.807) is 6.07 Å². The molecule has 1 aromatic carbocycles. The van der Waals surface area contributed by atoms with E-state index in [1.807, 2.05) is 31.3 Å². The third-order valence-electron chi connectivity index (χ3n) is 2.28. The smallest absolute Gasteiger partial charge is 0.307 e. The number of benzene rings is 1. The van der Waals surface area contributed by atoms with Gasteiger partial charge in [0.25, 0.3) is 0 Å². The van der Waals surface area contributed by atoms with Crippen LogP contribution in [0, 0.1) is 0 Å². The lowest BCUT2D eigenvalue weighted by atomic mass is 10.1. The first kappa shape index (κ1) is 13.7. The maximum atomic E-state index is 10.6. The van der Waals surface area contributed by atoms with Crippen LogP contribution in [0.1, 0.15) is 17.5 Å². The molecule has 0 amide bonds. The topological polar surface area (TPSA) is 49.3 Å². The van der Waals surface area contributed by atoms with Crippen LogP contribution in [0.25, 0.3) is 6.08 Å². The molecule has 0 fully saturated rings.